The van der Waals surface area contributed by atoms with Gasteiger partial charge in [-0.1, -0.05) is 60.7 Å². The SMILES string of the molecule is c1ccc(CC2C3CCC2CN(C2c4ccccc4Oc4cc(-c5nn[nH]n5)ccc42)C3)cc1. The molecule has 2 bridgehead atoms. The molecule has 170 valence electrons. The first-order valence-electron chi connectivity index (χ1n) is 12.3. The number of hydrogen-bond acceptors (Lipinski definition) is 5. The fourth-order valence-electron chi connectivity index (χ4n) is 6.55. The van der Waals surface area contributed by atoms with E-state index in [1.165, 1.54) is 36.0 Å². The van der Waals surface area contributed by atoms with Gasteiger partial charge in [0.15, 0.2) is 0 Å². The van der Waals surface area contributed by atoms with Crippen molar-refractivity contribution in [2.75, 3.05) is 13.1 Å². The van der Waals surface area contributed by atoms with Crippen molar-refractivity contribution in [3.63, 3.8) is 0 Å². The predicted molar refractivity (Wildman–Crippen MR) is 129 cm³/mol. The Morgan fingerprint density at radius 2 is 1.62 bits per heavy atom. The van der Waals surface area contributed by atoms with E-state index in [4.69, 9.17) is 4.74 Å². The third-order valence-electron chi connectivity index (χ3n) is 8.08. The van der Waals surface area contributed by atoms with Crippen LogP contribution >= 0.6 is 0 Å². The number of H-pyrrole nitrogens is 1. The number of likely N-dealkylation sites (tertiary alicyclic amines) is 1. The fourth-order valence-corrected chi connectivity index (χ4v) is 6.55. The quantitative estimate of drug-likeness (QED) is 0.460. The highest BCUT2D eigenvalue weighted by atomic mass is 16.5. The highest BCUT2D eigenvalue weighted by Crippen LogP contribution is 2.51. The molecular formula is C28H27N5O. The molecule has 3 aromatic carbocycles. The van der Waals surface area contributed by atoms with Gasteiger partial charge in [-0.15, -0.1) is 10.2 Å². The topological polar surface area (TPSA) is 66.9 Å². The summed E-state index contributed by atoms with van der Waals surface area (Å²) in [6, 6.07) is 26.1. The number of piperidine rings is 1. The second kappa shape index (κ2) is 8.06. The van der Waals surface area contributed by atoms with Crippen LogP contribution in [0, 0.1) is 17.8 Å². The van der Waals surface area contributed by atoms with E-state index in [2.05, 4.69) is 98.3 Å². The first-order chi connectivity index (χ1) is 16.8. The first-order valence-corrected chi connectivity index (χ1v) is 12.3. The molecule has 0 spiro atoms. The zero-order chi connectivity index (χ0) is 22.5. The lowest BCUT2D eigenvalue weighted by Crippen LogP contribution is -2.45. The summed E-state index contributed by atoms with van der Waals surface area (Å²) in [7, 11) is 0. The number of aromatic amines is 1. The lowest BCUT2D eigenvalue weighted by Gasteiger charge is -2.44. The average molecular weight is 450 g/mol. The summed E-state index contributed by atoms with van der Waals surface area (Å²) in [6.45, 7) is 2.28. The molecule has 6 heteroatoms. The number of nitrogens with one attached hydrogen (secondary N) is 1. The van der Waals surface area contributed by atoms with Gasteiger partial charge in [-0.2, -0.15) is 5.21 Å². The summed E-state index contributed by atoms with van der Waals surface area (Å²) >= 11 is 0. The smallest absolute Gasteiger partial charge is 0.204 e. The van der Waals surface area contributed by atoms with Gasteiger partial charge in [0, 0.05) is 29.8 Å². The van der Waals surface area contributed by atoms with Gasteiger partial charge in [0.2, 0.25) is 5.82 Å². The number of para-hydroxylation sites is 1. The van der Waals surface area contributed by atoms with Crippen LogP contribution in [-0.4, -0.2) is 38.6 Å². The fraction of sp³-hybridized carbons (Fsp3) is 0.321. The largest absolute Gasteiger partial charge is 0.457 e. The van der Waals surface area contributed by atoms with Crippen molar-refractivity contribution in [1.82, 2.24) is 25.5 Å². The summed E-state index contributed by atoms with van der Waals surface area (Å²) in [5, 5.41) is 14.5. The van der Waals surface area contributed by atoms with Crippen molar-refractivity contribution in [3.8, 4) is 22.9 Å². The monoisotopic (exact) mass is 449 g/mol. The van der Waals surface area contributed by atoms with Gasteiger partial charge in [0.05, 0.1) is 6.04 Å². The van der Waals surface area contributed by atoms with Gasteiger partial charge >= 0.3 is 0 Å². The van der Waals surface area contributed by atoms with E-state index in [1.807, 2.05) is 0 Å². The molecule has 1 aliphatic carbocycles. The van der Waals surface area contributed by atoms with E-state index in [0.29, 0.717) is 5.82 Å². The summed E-state index contributed by atoms with van der Waals surface area (Å²) in [4.78, 5) is 2.72. The number of nitrogens with zero attached hydrogens (tertiary/aromatic N) is 4. The molecule has 7 rings (SSSR count). The minimum absolute atomic E-state index is 0.208. The summed E-state index contributed by atoms with van der Waals surface area (Å²) in [5.41, 5.74) is 4.89. The summed E-state index contributed by atoms with van der Waals surface area (Å²) < 4.78 is 6.39. The molecule has 0 radical (unpaired) electrons. The minimum Gasteiger partial charge on any atom is -0.457 e. The van der Waals surface area contributed by atoms with Crippen molar-refractivity contribution < 1.29 is 4.74 Å². The molecule has 2 aliphatic heterocycles. The molecular weight excluding hydrogens is 422 g/mol. The normalized spacial score (nSPS) is 25.4. The summed E-state index contributed by atoms with van der Waals surface area (Å²) in [6.07, 6.45) is 3.89. The Bertz CT molecular complexity index is 1290. The summed E-state index contributed by atoms with van der Waals surface area (Å²) in [5.74, 6) is 4.70. The number of aromatic nitrogens is 4. The number of hydrogen-bond donors (Lipinski definition) is 1. The van der Waals surface area contributed by atoms with Crippen molar-refractivity contribution in [3.05, 3.63) is 89.5 Å². The number of ether oxygens (including phenoxy) is 1. The predicted octanol–water partition coefficient (Wildman–Crippen LogP) is 5.26. The van der Waals surface area contributed by atoms with Crippen LogP contribution in [-0.2, 0) is 6.42 Å². The Balaban J connectivity index is 1.22. The Morgan fingerprint density at radius 1 is 0.853 bits per heavy atom. The first kappa shape index (κ1) is 19.9. The van der Waals surface area contributed by atoms with E-state index in [1.54, 1.807) is 0 Å². The van der Waals surface area contributed by atoms with Crippen LogP contribution in [0.4, 0.5) is 0 Å². The van der Waals surface area contributed by atoms with E-state index >= 15 is 0 Å². The van der Waals surface area contributed by atoms with E-state index in [0.717, 1.165) is 47.9 Å². The van der Waals surface area contributed by atoms with Gasteiger partial charge in [-0.25, -0.2) is 0 Å². The number of rotatable bonds is 4. The number of benzene rings is 3. The van der Waals surface area contributed by atoms with Crippen molar-refractivity contribution in [2.24, 2.45) is 17.8 Å². The molecule has 3 heterocycles. The number of tetrazole rings is 1. The van der Waals surface area contributed by atoms with Gasteiger partial charge < -0.3 is 4.74 Å². The zero-order valence-electron chi connectivity index (χ0n) is 19.0. The van der Waals surface area contributed by atoms with Crippen molar-refractivity contribution in [2.45, 2.75) is 25.3 Å². The highest BCUT2D eigenvalue weighted by molar-refractivity contribution is 5.63. The van der Waals surface area contributed by atoms with Gasteiger partial charge in [0.25, 0.3) is 0 Å². The molecule has 1 saturated carbocycles. The average Bonchev–Trinajstić information content (AvgIpc) is 3.49. The Kier molecular flexibility index (Phi) is 4.72. The second-order valence-corrected chi connectivity index (χ2v) is 9.94. The molecule has 1 aromatic heterocycles. The molecule has 2 fully saturated rings. The van der Waals surface area contributed by atoms with Crippen LogP contribution in [0.5, 0.6) is 11.5 Å². The molecule has 1 N–H and O–H groups in total. The van der Waals surface area contributed by atoms with Crippen LogP contribution in [0.1, 0.15) is 35.6 Å². The molecule has 6 nitrogen and oxygen atoms in total. The molecule has 1 saturated heterocycles. The van der Waals surface area contributed by atoms with Gasteiger partial charge in [-0.05, 0) is 59.9 Å². The second-order valence-electron chi connectivity index (χ2n) is 9.94. The highest BCUT2D eigenvalue weighted by Gasteiger charge is 2.45. The lowest BCUT2D eigenvalue weighted by atomic mass is 9.79. The van der Waals surface area contributed by atoms with E-state index in [-0.39, 0.29) is 6.04 Å². The maximum Gasteiger partial charge on any atom is 0.204 e. The zero-order valence-corrected chi connectivity index (χ0v) is 19.0. The third kappa shape index (κ3) is 3.32. The molecule has 3 atom stereocenters. The van der Waals surface area contributed by atoms with Crippen LogP contribution in [0.15, 0.2) is 72.8 Å². The maximum absolute atomic E-state index is 6.39. The molecule has 3 unspecified atom stereocenters. The van der Waals surface area contributed by atoms with Crippen molar-refractivity contribution >= 4 is 0 Å². The molecule has 4 aromatic rings. The van der Waals surface area contributed by atoms with Gasteiger partial charge in [0.1, 0.15) is 11.5 Å². The Labute approximate surface area is 199 Å². The van der Waals surface area contributed by atoms with Crippen LogP contribution in [0.25, 0.3) is 11.4 Å². The van der Waals surface area contributed by atoms with E-state index < -0.39 is 0 Å². The molecule has 34 heavy (non-hydrogen) atoms. The van der Waals surface area contributed by atoms with E-state index in [9.17, 15) is 0 Å². The maximum atomic E-state index is 6.39. The Morgan fingerprint density at radius 3 is 2.41 bits per heavy atom. The standard InChI is InChI=1S/C28H27N5O/c1-2-6-18(7-3-1)14-24-20-10-11-21(24)17-33(16-20)27-22-8-4-5-9-25(22)34-26-15-19(12-13-23(26)27)28-29-31-32-30-28/h1-9,12-13,15,20-21,24,27H,10-11,14,16-17H2,(H,29,30,31,32). The number of fused-ring (bicyclic) bond motifs is 4. The van der Waals surface area contributed by atoms with Gasteiger partial charge in [-0.3, -0.25) is 4.90 Å². The lowest BCUT2D eigenvalue weighted by molar-refractivity contribution is 0.0813. The minimum atomic E-state index is 0.208. The van der Waals surface area contributed by atoms with Crippen LogP contribution in [0.2, 0.25) is 0 Å². The Hall–Kier alpha value is -3.51. The molecule has 3 aliphatic rings. The third-order valence-corrected chi connectivity index (χ3v) is 8.08. The van der Waals surface area contributed by atoms with Crippen LogP contribution < -0.4 is 4.74 Å². The van der Waals surface area contributed by atoms with Crippen molar-refractivity contribution in [1.29, 1.82) is 0 Å². The molecule has 0 amide bonds. The van der Waals surface area contributed by atoms with Crippen LogP contribution in [0.3, 0.4) is 0 Å².